The Morgan fingerprint density at radius 1 is 1.09 bits per heavy atom. The zero-order valence-corrected chi connectivity index (χ0v) is 21.2. The van der Waals surface area contributed by atoms with Gasteiger partial charge < -0.3 is 9.84 Å². The van der Waals surface area contributed by atoms with Gasteiger partial charge >= 0.3 is 0 Å². The summed E-state index contributed by atoms with van der Waals surface area (Å²) >= 11 is 0. The second-order valence-electron chi connectivity index (χ2n) is 10.8. The number of aryl methyl sites for hydroxylation is 1. The van der Waals surface area contributed by atoms with Crippen molar-refractivity contribution in [3.05, 3.63) is 59.2 Å². The average Bonchev–Trinajstić information content (AvgIpc) is 3.13. The van der Waals surface area contributed by atoms with Crippen LogP contribution in [0.4, 0.5) is 0 Å². The zero-order valence-electron chi connectivity index (χ0n) is 20.4. The van der Waals surface area contributed by atoms with Crippen molar-refractivity contribution in [3.8, 4) is 5.75 Å². The predicted molar refractivity (Wildman–Crippen MR) is 131 cm³/mol. The van der Waals surface area contributed by atoms with E-state index in [-0.39, 0.29) is 23.0 Å². The Kier molecular flexibility index (Phi) is 6.28. The summed E-state index contributed by atoms with van der Waals surface area (Å²) in [5, 5.41) is 10.8. The molecule has 0 saturated heterocycles. The van der Waals surface area contributed by atoms with Crippen LogP contribution in [0.5, 0.6) is 5.75 Å². The fourth-order valence-electron chi connectivity index (χ4n) is 7.23. The van der Waals surface area contributed by atoms with E-state index in [0.717, 1.165) is 43.4 Å². The van der Waals surface area contributed by atoms with Gasteiger partial charge in [0.2, 0.25) is 0 Å². The average molecular weight is 485 g/mol. The van der Waals surface area contributed by atoms with Crippen molar-refractivity contribution in [3.63, 3.8) is 0 Å². The van der Waals surface area contributed by atoms with Crippen LogP contribution >= 0.6 is 0 Å². The Bertz CT molecular complexity index is 1140. The molecule has 2 fully saturated rings. The van der Waals surface area contributed by atoms with E-state index in [4.69, 9.17) is 8.92 Å². The maximum Gasteiger partial charge on any atom is 0.296 e. The van der Waals surface area contributed by atoms with Gasteiger partial charge in [0.15, 0.2) is 0 Å². The first-order valence-electron chi connectivity index (χ1n) is 12.5. The molecule has 2 saturated carbocycles. The van der Waals surface area contributed by atoms with Crippen molar-refractivity contribution in [2.45, 2.75) is 69.3 Å². The van der Waals surface area contributed by atoms with Gasteiger partial charge in [-0.15, -0.1) is 0 Å². The molecule has 0 radical (unpaired) electrons. The number of hydrogen-bond donors (Lipinski definition) is 1. The first-order chi connectivity index (χ1) is 16.2. The van der Waals surface area contributed by atoms with Gasteiger partial charge in [-0.2, -0.15) is 8.42 Å². The quantitative estimate of drug-likeness (QED) is 0.568. The van der Waals surface area contributed by atoms with E-state index in [9.17, 15) is 13.5 Å². The number of fused-ring (bicyclic) bond motifs is 5. The third-order valence-electron chi connectivity index (χ3n) is 9.10. The van der Waals surface area contributed by atoms with Gasteiger partial charge in [0, 0.05) is 0 Å². The molecule has 2 aromatic carbocycles. The number of ether oxygens (including phenoxy) is 1. The molecule has 5 rings (SSSR count). The minimum Gasteiger partial charge on any atom is -0.497 e. The highest BCUT2D eigenvalue weighted by atomic mass is 32.2. The highest BCUT2D eigenvalue weighted by Gasteiger charge is 2.56. The third-order valence-corrected chi connectivity index (χ3v) is 10.4. The molecule has 1 N–H and O–H groups in total. The van der Waals surface area contributed by atoms with E-state index in [0.29, 0.717) is 30.1 Å². The van der Waals surface area contributed by atoms with Gasteiger partial charge in [-0.3, -0.25) is 4.18 Å². The Labute approximate surface area is 203 Å². The van der Waals surface area contributed by atoms with E-state index in [1.165, 1.54) is 11.1 Å². The Morgan fingerprint density at radius 3 is 2.59 bits per heavy atom. The Balaban J connectivity index is 1.40. The largest absolute Gasteiger partial charge is 0.497 e. The zero-order chi connectivity index (χ0) is 24.1. The van der Waals surface area contributed by atoms with E-state index in [2.05, 4.69) is 25.1 Å². The summed E-state index contributed by atoms with van der Waals surface area (Å²) in [5.74, 6) is 2.51. The minimum absolute atomic E-state index is 0.0434. The van der Waals surface area contributed by atoms with Crippen LogP contribution in [0.25, 0.3) is 0 Å². The van der Waals surface area contributed by atoms with Crippen LogP contribution in [0, 0.1) is 30.1 Å². The molecule has 0 bridgehead atoms. The van der Waals surface area contributed by atoms with Gasteiger partial charge in [-0.25, -0.2) is 0 Å². The van der Waals surface area contributed by atoms with E-state index < -0.39 is 10.1 Å². The number of hydrogen-bond acceptors (Lipinski definition) is 5. The molecule has 0 aromatic heterocycles. The molecule has 34 heavy (non-hydrogen) atoms. The maximum absolute atomic E-state index is 12.8. The molecule has 3 aliphatic rings. The van der Waals surface area contributed by atoms with Crippen LogP contribution in [-0.2, 0) is 20.7 Å². The second kappa shape index (κ2) is 8.96. The fourth-order valence-corrected chi connectivity index (χ4v) is 8.15. The molecule has 3 aliphatic carbocycles. The number of methoxy groups -OCH3 is 1. The molecule has 0 amide bonds. The molecule has 6 atom stereocenters. The van der Waals surface area contributed by atoms with Crippen molar-refractivity contribution < 1.29 is 22.4 Å². The standard InChI is InChI=1S/C28H36O5S/c1-18-4-7-22(8-5-18)34(30,31)33-15-13-19-16-20-17-21(32-3)6-9-23(20)24-12-14-28(2)25(27(19)24)10-11-26(28)29/h4-9,17,19,24-27,29H,10-16H2,1-3H3. The minimum atomic E-state index is -3.78. The first kappa shape index (κ1) is 23.8. The summed E-state index contributed by atoms with van der Waals surface area (Å²) in [7, 11) is -2.08. The molecule has 6 unspecified atom stereocenters. The van der Waals surface area contributed by atoms with Crippen LogP contribution in [0.2, 0.25) is 0 Å². The van der Waals surface area contributed by atoms with Crippen LogP contribution < -0.4 is 4.74 Å². The molecule has 6 heteroatoms. The Morgan fingerprint density at radius 2 is 1.85 bits per heavy atom. The summed E-state index contributed by atoms with van der Waals surface area (Å²) in [5.41, 5.74) is 3.70. The van der Waals surface area contributed by atoms with Crippen molar-refractivity contribution >= 4 is 10.1 Å². The van der Waals surface area contributed by atoms with Crippen molar-refractivity contribution in [2.24, 2.45) is 23.2 Å². The summed E-state index contributed by atoms with van der Waals surface area (Å²) < 4.78 is 36.5. The van der Waals surface area contributed by atoms with Gasteiger partial charge in [0.05, 0.1) is 24.7 Å². The number of rotatable bonds is 6. The van der Waals surface area contributed by atoms with Crippen LogP contribution in [0.15, 0.2) is 47.4 Å². The normalized spacial score (nSPS) is 32.5. The number of aliphatic hydroxyl groups is 1. The monoisotopic (exact) mass is 484 g/mol. The smallest absolute Gasteiger partial charge is 0.296 e. The highest BCUT2D eigenvalue weighted by Crippen LogP contribution is 2.62. The van der Waals surface area contributed by atoms with Crippen LogP contribution in [0.1, 0.15) is 61.6 Å². The van der Waals surface area contributed by atoms with Crippen LogP contribution in [0.3, 0.4) is 0 Å². The molecule has 5 nitrogen and oxygen atoms in total. The lowest BCUT2D eigenvalue weighted by Crippen LogP contribution is -2.47. The molecular weight excluding hydrogens is 448 g/mol. The topological polar surface area (TPSA) is 72.8 Å². The SMILES string of the molecule is COc1ccc2c(c1)CC(CCOS(=O)(=O)c1ccc(C)cc1)C1C2CCC2(C)C(O)CCC12. The summed E-state index contributed by atoms with van der Waals surface area (Å²) in [6, 6.07) is 13.2. The predicted octanol–water partition coefficient (Wildman–Crippen LogP) is 5.24. The summed E-state index contributed by atoms with van der Waals surface area (Å²) in [6.45, 7) is 4.38. The molecular formula is C28H36O5S. The second-order valence-corrected chi connectivity index (χ2v) is 12.5. The third kappa shape index (κ3) is 4.08. The lowest BCUT2D eigenvalue weighted by Gasteiger charge is -2.53. The van der Waals surface area contributed by atoms with Crippen molar-refractivity contribution in [1.82, 2.24) is 0 Å². The van der Waals surface area contributed by atoms with E-state index >= 15 is 0 Å². The fraction of sp³-hybridized carbons (Fsp3) is 0.571. The lowest BCUT2D eigenvalue weighted by atomic mass is 9.52. The van der Waals surface area contributed by atoms with E-state index in [1.807, 2.05) is 6.92 Å². The highest BCUT2D eigenvalue weighted by molar-refractivity contribution is 7.86. The van der Waals surface area contributed by atoms with Gasteiger partial charge in [-0.1, -0.05) is 30.7 Å². The number of benzene rings is 2. The van der Waals surface area contributed by atoms with Gasteiger partial charge in [0.25, 0.3) is 10.1 Å². The molecule has 0 spiro atoms. The first-order valence-corrected chi connectivity index (χ1v) is 13.9. The van der Waals surface area contributed by atoms with Crippen molar-refractivity contribution in [1.29, 1.82) is 0 Å². The molecule has 0 aliphatic heterocycles. The lowest BCUT2D eigenvalue weighted by molar-refractivity contribution is -0.0406. The summed E-state index contributed by atoms with van der Waals surface area (Å²) in [6.07, 6.45) is 5.35. The molecule has 0 heterocycles. The maximum atomic E-state index is 12.8. The van der Waals surface area contributed by atoms with Gasteiger partial charge in [-0.05, 0) is 110 Å². The summed E-state index contributed by atoms with van der Waals surface area (Å²) in [4.78, 5) is 0.207. The number of aliphatic hydroxyl groups excluding tert-OH is 1. The van der Waals surface area contributed by atoms with Crippen molar-refractivity contribution in [2.75, 3.05) is 13.7 Å². The Hall–Kier alpha value is -1.89. The molecule has 184 valence electrons. The van der Waals surface area contributed by atoms with Crippen LogP contribution in [-0.4, -0.2) is 33.3 Å². The van der Waals surface area contributed by atoms with Gasteiger partial charge in [0.1, 0.15) is 5.75 Å². The molecule has 2 aromatic rings. The van der Waals surface area contributed by atoms with E-state index in [1.54, 1.807) is 31.4 Å².